The van der Waals surface area contributed by atoms with Crippen LogP contribution in [0.3, 0.4) is 0 Å². The van der Waals surface area contributed by atoms with E-state index in [1.54, 1.807) is 0 Å². The van der Waals surface area contributed by atoms with E-state index in [1.165, 1.54) is 16.5 Å². The zero-order valence-electron chi connectivity index (χ0n) is 10.5. The molecule has 0 unspecified atom stereocenters. The average molecular weight is 232 g/mol. The quantitative estimate of drug-likeness (QED) is 0.860. The molecule has 2 aromatic rings. The zero-order valence-corrected chi connectivity index (χ0v) is 10.5. The van der Waals surface area contributed by atoms with Gasteiger partial charge in [-0.2, -0.15) is 0 Å². The van der Waals surface area contributed by atoms with E-state index >= 15 is 0 Å². The molecule has 0 aliphatic rings. The van der Waals surface area contributed by atoms with Crippen LogP contribution < -0.4 is 5.73 Å². The molecule has 3 nitrogen and oxygen atoms in total. The lowest BCUT2D eigenvalue weighted by atomic mass is 10.1. The van der Waals surface area contributed by atoms with Crippen LogP contribution in [-0.4, -0.2) is 17.3 Å². The minimum atomic E-state index is 0.292. The van der Waals surface area contributed by atoms with Crippen LogP contribution in [0.25, 0.3) is 10.9 Å². The lowest BCUT2D eigenvalue weighted by Crippen LogP contribution is -2.09. The molecular weight excluding hydrogens is 212 g/mol. The fourth-order valence-corrected chi connectivity index (χ4v) is 1.96. The van der Waals surface area contributed by atoms with Crippen LogP contribution >= 0.6 is 0 Å². The molecule has 0 bridgehead atoms. The smallest absolute Gasteiger partial charge is 0.0649 e. The van der Waals surface area contributed by atoms with Gasteiger partial charge in [-0.05, 0) is 43.0 Å². The third kappa shape index (κ3) is 2.87. The van der Waals surface area contributed by atoms with Crippen LogP contribution in [0.5, 0.6) is 0 Å². The topological polar surface area (TPSA) is 40.2 Å². The molecule has 0 saturated carbocycles. The van der Waals surface area contributed by atoms with Crippen LogP contribution in [0.15, 0.2) is 30.5 Å². The Bertz CT molecular complexity index is 488. The van der Waals surface area contributed by atoms with Crippen molar-refractivity contribution >= 4 is 10.9 Å². The van der Waals surface area contributed by atoms with Gasteiger partial charge < -0.3 is 15.0 Å². The van der Waals surface area contributed by atoms with Gasteiger partial charge in [-0.15, -0.1) is 0 Å². The van der Waals surface area contributed by atoms with E-state index < -0.39 is 0 Å². The lowest BCUT2D eigenvalue weighted by molar-refractivity contribution is 0.0733. The van der Waals surface area contributed by atoms with Crippen molar-refractivity contribution in [1.82, 2.24) is 4.57 Å². The molecule has 0 atom stereocenters. The maximum atomic E-state index is 5.63. The van der Waals surface area contributed by atoms with Crippen LogP contribution in [-0.2, 0) is 17.8 Å². The van der Waals surface area contributed by atoms with Crippen molar-refractivity contribution in [2.75, 3.05) is 6.61 Å². The summed E-state index contributed by atoms with van der Waals surface area (Å²) in [7, 11) is 0. The molecule has 1 aromatic carbocycles. The van der Waals surface area contributed by atoms with Crippen molar-refractivity contribution in [3.05, 3.63) is 36.0 Å². The number of hydrogen-bond donors (Lipinski definition) is 1. The Labute approximate surface area is 102 Å². The Balaban J connectivity index is 2.13. The second kappa shape index (κ2) is 5.34. The van der Waals surface area contributed by atoms with Gasteiger partial charge in [-0.1, -0.05) is 6.07 Å². The number of benzene rings is 1. The summed E-state index contributed by atoms with van der Waals surface area (Å²) in [5.41, 5.74) is 8.05. The van der Waals surface area contributed by atoms with E-state index in [-0.39, 0.29) is 0 Å². The van der Waals surface area contributed by atoms with Gasteiger partial charge in [0.1, 0.15) is 0 Å². The van der Waals surface area contributed by atoms with Crippen molar-refractivity contribution in [1.29, 1.82) is 0 Å². The molecule has 2 rings (SSSR count). The van der Waals surface area contributed by atoms with Crippen molar-refractivity contribution in [3.63, 3.8) is 0 Å². The first kappa shape index (κ1) is 12.1. The third-order valence-electron chi connectivity index (χ3n) is 2.85. The number of fused-ring (bicyclic) bond motifs is 1. The molecule has 1 aromatic heterocycles. The highest BCUT2D eigenvalue weighted by Crippen LogP contribution is 2.17. The molecule has 0 fully saturated rings. The van der Waals surface area contributed by atoms with Crippen LogP contribution in [0, 0.1) is 0 Å². The first-order chi connectivity index (χ1) is 8.20. The van der Waals surface area contributed by atoms with Gasteiger partial charge in [-0.3, -0.25) is 0 Å². The van der Waals surface area contributed by atoms with E-state index in [0.29, 0.717) is 12.6 Å². The fraction of sp³-hybridized carbons (Fsp3) is 0.429. The third-order valence-corrected chi connectivity index (χ3v) is 2.85. The molecule has 17 heavy (non-hydrogen) atoms. The molecule has 2 N–H and O–H groups in total. The SMILES string of the molecule is CC(C)OCCn1ccc2cc(CN)ccc21. The summed E-state index contributed by atoms with van der Waals surface area (Å²) in [6.45, 7) is 6.35. The molecular formula is C14H20N2O. The summed E-state index contributed by atoms with van der Waals surface area (Å²) in [6, 6.07) is 8.49. The van der Waals surface area contributed by atoms with Crippen molar-refractivity contribution in [3.8, 4) is 0 Å². The largest absolute Gasteiger partial charge is 0.377 e. The Morgan fingerprint density at radius 2 is 2.12 bits per heavy atom. The minimum Gasteiger partial charge on any atom is -0.377 e. The van der Waals surface area contributed by atoms with E-state index in [4.69, 9.17) is 10.5 Å². The van der Waals surface area contributed by atoms with Gasteiger partial charge in [0.2, 0.25) is 0 Å². The number of hydrogen-bond acceptors (Lipinski definition) is 2. The highest BCUT2D eigenvalue weighted by atomic mass is 16.5. The summed E-state index contributed by atoms with van der Waals surface area (Å²) in [5.74, 6) is 0. The fourth-order valence-electron chi connectivity index (χ4n) is 1.96. The van der Waals surface area contributed by atoms with Gasteiger partial charge in [0.25, 0.3) is 0 Å². The summed E-state index contributed by atoms with van der Waals surface area (Å²) in [5, 5.41) is 1.25. The normalized spacial score (nSPS) is 11.5. The first-order valence-corrected chi connectivity index (χ1v) is 6.10. The van der Waals surface area contributed by atoms with E-state index in [2.05, 4.69) is 48.9 Å². The molecule has 0 amide bonds. The predicted molar refractivity (Wildman–Crippen MR) is 70.9 cm³/mol. The standard InChI is InChI=1S/C14H20N2O/c1-11(2)17-8-7-16-6-5-13-9-12(10-15)3-4-14(13)16/h3-6,9,11H,7-8,10,15H2,1-2H3. The highest BCUT2D eigenvalue weighted by molar-refractivity contribution is 5.80. The second-order valence-corrected chi connectivity index (χ2v) is 4.53. The van der Waals surface area contributed by atoms with Gasteiger partial charge in [0.05, 0.1) is 12.7 Å². The summed E-state index contributed by atoms with van der Waals surface area (Å²) >= 11 is 0. The second-order valence-electron chi connectivity index (χ2n) is 4.53. The Morgan fingerprint density at radius 3 is 2.82 bits per heavy atom. The lowest BCUT2D eigenvalue weighted by Gasteiger charge is -2.09. The molecule has 0 aliphatic carbocycles. The Morgan fingerprint density at radius 1 is 1.29 bits per heavy atom. The molecule has 0 spiro atoms. The van der Waals surface area contributed by atoms with Crippen LogP contribution in [0.4, 0.5) is 0 Å². The van der Waals surface area contributed by atoms with Crippen LogP contribution in [0.2, 0.25) is 0 Å². The molecule has 0 saturated heterocycles. The zero-order chi connectivity index (χ0) is 12.3. The van der Waals surface area contributed by atoms with Crippen LogP contribution in [0.1, 0.15) is 19.4 Å². The molecule has 92 valence electrons. The minimum absolute atomic E-state index is 0.292. The highest BCUT2D eigenvalue weighted by Gasteiger charge is 2.02. The molecule has 1 heterocycles. The first-order valence-electron chi connectivity index (χ1n) is 6.10. The number of rotatable bonds is 5. The summed E-state index contributed by atoms with van der Waals surface area (Å²) in [4.78, 5) is 0. The maximum absolute atomic E-state index is 5.63. The van der Waals surface area contributed by atoms with Gasteiger partial charge in [-0.25, -0.2) is 0 Å². The molecule has 3 heteroatoms. The maximum Gasteiger partial charge on any atom is 0.0649 e. The molecule has 0 radical (unpaired) electrons. The predicted octanol–water partition coefficient (Wildman–Crippen LogP) is 2.53. The summed E-state index contributed by atoms with van der Waals surface area (Å²) in [6.07, 6.45) is 2.40. The van der Waals surface area contributed by atoms with E-state index in [1.807, 2.05) is 0 Å². The monoisotopic (exact) mass is 232 g/mol. The van der Waals surface area contributed by atoms with Crippen molar-refractivity contribution in [2.24, 2.45) is 5.73 Å². The molecule has 0 aliphatic heterocycles. The van der Waals surface area contributed by atoms with Gasteiger partial charge in [0, 0.05) is 24.8 Å². The van der Waals surface area contributed by atoms with Crippen molar-refractivity contribution < 1.29 is 4.74 Å². The number of ether oxygens (including phenoxy) is 1. The van der Waals surface area contributed by atoms with Gasteiger partial charge >= 0.3 is 0 Å². The summed E-state index contributed by atoms with van der Waals surface area (Å²) < 4.78 is 7.79. The number of aromatic nitrogens is 1. The Kier molecular flexibility index (Phi) is 3.82. The average Bonchev–Trinajstić information content (AvgIpc) is 2.71. The number of nitrogens with two attached hydrogens (primary N) is 1. The van der Waals surface area contributed by atoms with Gasteiger partial charge in [0.15, 0.2) is 0 Å². The number of nitrogens with zero attached hydrogens (tertiary/aromatic N) is 1. The Hall–Kier alpha value is -1.32. The van der Waals surface area contributed by atoms with Crippen molar-refractivity contribution in [2.45, 2.75) is 33.0 Å². The van der Waals surface area contributed by atoms with E-state index in [9.17, 15) is 0 Å². The van der Waals surface area contributed by atoms with E-state index in [0.717, 1.165) is 13.2 Å².